The van der Waals surface area contributed by atoms with E-state index >= 15 is 0 Å². The molecule has 0 unspecified atom stereocenters. The van der Waals surface area contributed by atoms with Gasteiger partial charge >= 0.3 is 17.4 Å². The van der Waals surface area contributed by atoms with Gasteiger partial charge in [-0.25, -0.2) is 0 Å². The zero-order chi connectivity index (χ0) is 37.8. The van der Waals surface area contributed by atoms with Gasteiger partial charge in [0.25, 0.3) is 0 Å². The SMILES string of the molecule is ClC1=C(C=Cc2cc(Sc3ccccc3)[o+]c(Sc3ccccc3)c2)CCCC1=CC=C1C=C(c2ccccc2)SC(c2ccccc2)=C1.F[B-](F)(F)F. The zero-order valence-corrected chi connectivity index (χ0v) is 32.1. The van der Waals surface area contributed by atoms with E-state index in [0.717, 1.165) is 61.0 Å². The van der Waals surface area contributed by atoms with Crippen LogP contribution in [0.5, 0.6) is 0 Å². The molecule has 1 aliphatic carbocycles. The Hall–Kier alpha value is -4.41. The lowest BCUT2D eigenvalue weighted by Crippen LogP contribution is -2.02. The van der Waals surface area contributed by atoms with E-state index in [0.29, 0.717) is 0 Å². The van der Waals surface area contributed by atoms with Crippen molar-refractivity contribution in [2.24, 2.45) is 0 Å². The first-order chi connectivity index (χ1) is 26.2. The normalized spacial score (nSPS) is 15.4. The highest BCUT2D eigenvalue weighted by Crippen LogP contribution is 2.44. The molecule has 54 heavy (non-hydrogen) atoms. The van der Waals surface area contributed by atoms with Crippen LogP contribution in [-0.2, 0) is 0 Å². The molecule has 10 heteroatoms. The minimum Gasteiger partial charge on any atom is -0.418 e. The van der Waals surface area contributed by atoms with Crippen molar-refractivity contribution in [3.63, 3.8) is 0 Å². The molecule has 0 radical (unpaired) electrons. The third-order valence-corrected chi connectivity index (χ3v) is 11.5. The maximum atomic E-state index is 9.75. The summed E-state index contributed by atoms with van der Waals surface area (Å²) in [5, 5.41) is 2.54. The van der Waals surface area contributed by atoms with E-state index in [1.807, 2.05) is 23.9 Å². The van der Waals surface area contributed by atoms with Gasteiger partial charge < -0.3 is 17.3 Å². The van der Waals surface area contributed by atoms with Crippen molar-refractivity contribution in [1.29, 1.82) is 0 Å². The quantitative estimate of drug-likeness (QED) is 0.0836. The Kier molecular flexibility index (Phi) is 14.0. The van der Waals surface area contributed by atoms with Gasteiger partial charge in [-0.1, -0.05) is 145 Å². The molecule has 1 aliphatic heterocycles. The van der Waals surface area contributed by atoms with E-state index in [1.54, 1.807) is 23.5 Å². The Bertz CT molecular complexity index is 2100. The van der Waals surface area contributed by atoms with Crippen molar-refractivity contribution in [2.75, 3.05) is 0 Å². The van der Waals surface area contributed by atoms with Gasteiger partial charge in [0.1, 0.15) is 0 Å². The highest BCUT2D eigenvalue weighted by atomic mass is 35.5. The molecule has 0 saturated carbocycles. The summed E-state index contributed by atoms with van der Waals surface area (Å²) >= 11 is 12.2. The van der Waals surface area contributed by atoms with Crippen molar-refractivity contribution in [3.05, 3.63) is 202 Å². The Balaban J connectivity index is 0.000000934. The molecule has 0 saturated heterocycles. The van der Waals surface area contributed by atoms with Gasteiger partial charge in [-0.15, -0.1) is 0 Å². The smallest absolute Gasteiger partial charge is 0.418 e. The molecule has 0 fully saturated rings. The van der Waals surface area contributed by atoms with Gasteiger partial charge in [-0.2, -0.15) is 4.42 Å². The van der Waals surface area contributed by atoms with E-state index in [2.05, 4.69) is 158 Å². The average Bonchev–Trinajstić information content (AvgIpc) is 3.18. The van der Waals surface area contributed by atoms with Crippen molar-refractivity contribution in [3.8, 4) is 0 Å². The van der Waals surface area contributed by atoms with Crippen molar-refractivity contribution >= 4 is 70.0 Å². The number of rotatable bonds is 9. The summed E-state index contributed by atoms with van der Waals surface area (Å²) < 4.78 is 45.3. The monoisotopic (exact) mass is 796 g/mol. The number of halogens is 5. The average molecular weight is 797 g/mol. The van der Waals surface area contributed by atoms with Gasteiger partial charge in [0, 0.05) is 48.2 Å². The van der Waals surface area contributed by atoms with Gasteiger partial charge in [0.2, 0.25) is 0 Å². The number of allylic oxidation sites excluding steroid dienone is 9. The summed E-state index contributed by atoms with van der Waals surface area (Å²) in [4.78, 5) is 4.75. The highest BCUT2D eigenvalue weighted by Gasteiger charge is 2.21. The highest BCUT2D eigenvalue weighted by molar-refractivity contribution is 8.16. The molecule has 5 aromatic rings. The number of hydrogen-bond donors (Lipinski definition) is 0. The lowest BCUT2D eigenvalue weighted by Gasteiger charge is -2.18. The van der Waals surface area contributed by atoms with Crippen LogP contribution in [0.4, 0.5) is 17.3 Å². The van der Waals surface area contributed by atoms with E-state index in [1.165, 1.54) is 26.5 Å². The molecule has 0 N–H and O–H groups in total. The van der Waals surface area contributed by atoms with E-state index in [9.17, 15) is 17.3 Å². The molecule has 7 rings (SSSR count). The second-order valence-corrected chi connectivity index (χ2v) is 15.7. The molecular weight excluding hydrogens is 763 g/mol. The minimum atomic E-state index is -6.00. The van der Waals surface area contributed by atoms with Crippen LogP contribution in [0.25, 0.3) is 15.9 Å². The van der Waals surface area contributed by atoms with Crippen molar-refractivity contribution in [1.82, 2.24) is 0 Å². The summed E-state index contributed by atoms with van der Waals surface area (Å²) in [6, 6.07) is 46.1. The minimum absolute atomic E-state index is 0.846. The molecule has 4 aromatic carbocycles. The lowest BCUT2D eigenvalue weighted by molar-refractivity contribution is 0.368. The first-order valence-electron chi connectivity index (χ1n) is 17.2. The van der Waals surface area contributed by atoms with Crippen LogP contribution in [0.3, 0.4) is 0 Å². The molecule has 0 atom stereocenters. The molecule has 2 heterocycles. The Morgan fingerprint density at radius 3 is 1.56 bits per heavy atom. The fourth-order valence-corrected chi connectivity index (χ4v) is 8.79. The van der Waals surface area contributed by atoms with Crippen LogP contribution in [0, 0.1) is 0 Å². The summed E-state index contributed by atoms with van der Waals surface area (Å²) in [6.07, 6.45) is 16.3. The maximum Gasteiger partial charge on any atom is 0.673 e. The van der Waals surface area contributed by atoms with E-state index in [-0.39, 0.29) is 0 Å². The van der Waals surface area contributed by atoms with Gasteiger partial charge in [0.15, 0.2) is 0 Å². The number of thioether (sulfide) groups is 1. The topological polar surface area (TPSA) is 11.3 Å². The first-order valence-corrected chi connectivity index (χ1v) is 20.0. The lowest BCUT2D eigenvalue weighted by atomic mass is 9.93. The fourth-order valence-electron chi connectivity index (χ4n) is 5.59. The molecule has 1 nitrogen and oxygen atoms in total. The summed E-state index contributed by atoms with van der Waals surface area (Å²) in [7, 11) is -6.00. The van der Waals surface area contributed by atoms with Gasteiger partial charge in [-0.3, -0.25) is 0 Å². The Morgan fingerprint density at radius 2 is 1.07 bits per heavy atom. The molecule has 272 valence electrons. The summed E-state index contributed by atoms with van der Waals surface area (Å²) in [5.74, 6) is 0. The van der Waals surface area contributed by atoms with Crippen LogP contribution in [0.1, 0.15) is 36.0 Å². The standard InChI is InChI=1S/C44H34ClOS3.BF4/c45-44-36(26-24-32-28-40(34-14-5-1-6-15-34)49-41(29-32)35-16-7-2-8-17-35)18-13-19-37(44)27-25-33-30-42(47-38-20-9-3-10-21-38)46-43(31-33)48-39-22-11-4-12-23-39;2-1(3,4)5/h1-12,14-17,20-31H,13,18-19H2;/q+1;-1. The second-order valence-electron chi connectivity index (χ2n) is 12.1. The van der Waals surface area contributed by atoms with Gasteiger partial charge in [0.05, 0.1) is 12.1 Å². The largest absolute Gasteiger partial charge is 0.673 e. The van der Waals surface area contributed by atoms with Gasteiger partial charge in [-0.05, 0) is 89.1 Å². The predicted octanol–water partition coefficient (Wildman–Crippen LogP) is 15.5. The summed E-state index contributed by atoms with van der Waals surface area (Å²) in [6.45, 7) is 0. The Labute approximate surface area is 331 Å². The number of benzene rings is 4. The molecule has 0 amide bonds. The third kappa shape index (κ3) is 12.3. The first kappa shape index (κ1) is 39.3. The second kappa shape index (κ2) is 19.3. The predicted molar refractivity (Wildman–Crippen MR) is 223 cm³/mol. The van der Waals surface area contributed by atoms with E-state index in [4.69, 9.17) is 16.0 Å². The molecule has 0 bridgehead atoms. The number of hydrogen-bond acceptors (Lipinski definition) is 3. The summed E-state index contributed by atoms with van der Waals surface area (Å²) in [5.41, 5.74) is 7.02. The molecule has 1 aromatic heterocycles. The zero-order valence-electron chi connectivity index (χ0n) is 28.9. The third-order valence-electron chi connectivity index (χ3n) is 8.04. The van der Waals surface area contributed by atoms with Crippen molar-refractivity contribution < 1.29 is 21.7 Å². The molecule has 2 aliphatic rings. The molecular formula is C44H34BClF4OS3. The van der Waals surface area contributed by atoms with Crippen LogP contribution in [-0.4, -0.2) is 7.25 Å². The molecule has 0 spiro atoms. The van der Waals surface area contributed by atoms with Crippen LogP contribution >= 0.6 is 46.9 Å². The van der Waals surface area contributed by atoms with Crippen molar-refractivity contribution in [2.45, 2.75) is 39.2 Å². The fraction of sp³-hybridized carbons (Fsp3) is 0.0682. The maximum absolute atomic E-state index is 9.75. The van der Waals surface area contributed by atoms with Crippen LogP contribution < -0.4 is 0 Å². The van der Waals surface area contributed by atoms with Crippen LogP contribution in [0.2, 0.25) is 0 Å². The Morgan fingerprint density at radius 1 is 0.611 bits per heavy atom. The van der Waals surface area contributed by atoms with Crippen LogP contribution in [0.15, 0.2) is 210 Å². The van der Waals surface area contributed by atoms with E-state index < -0.39 is 7.25 Å².